The van der Waals surface area contributed by atoms with Gasteiger partial charge in [-0.15, -0.1) is 0 Å². The molecule has 2 rings (SSSR count). The second-order valence-corrected chi connectivity index (χ2v) is 7.75. The maximum absolute atomic E-state index is 12.7. The predicted molar refractivity (Wildman–Crippen MR) is 91.0 cm³/mol. The van der Waals surface area contributed by atoms with E-state index in [0.29, 0.717) is 6.42 Å². The number of carbonyl (C=O) groups excluding carboxylic acids is 2. The molecule has 1 heterocycles. The number of carbonyl (C=O) groups is 2. The van der Waals surface area contributed by atoms with Crippen LogP contribution in [0, 0.1) is 11.3 Å². The molecule has 1 aromatic rings. The molecule has 5 nitrogen and oxygen atoms in total. The molecule has 1 amide bonds. The lowest BCUT2D eigenvalue weighted by Gasteiger charge is -2.33. The maximum Gasteiger partial charge on any atom is 0.413 e. The van der Waals surface area contributed by atoms with E-state index in [1.165, 1.54) is 4.90 Å². The molecule has 1 aliphatic heterocycles. The highest BCUT2D eigenvalue weighted by Gasteiger charge is 2.50. The van der Waals surface area contributed by atoms with Gasteiger partial charge >= 0.3 is 12.1 Å². The Labute approximate surface area is 143 Å². The van der Waals surface area contributed by atoms with E-state index in [1.807, 2.05) is 65.0 Å². The van der Waals surface area contributed by atoms with E-state index in [2.05, 4.69) is 0 Å². The number of hydrogen-bond acceptors (Lipinski definition) is 4. The molecule has 0 unspecified atom stereocenters. The van der Waals surface area contributed by atoms with Crippen LogP contribution in [0.25, 0.3) is 0 Å². The summed E-state index contributed by atoms with van der Waals surface area (Å²) in [6, 6.07) is 8.90. The highest BCUT2D eigenvalue weighted by Crippen LogP contribution is 2.35. The zero-order valence-corrected chi connectivity index (χ0v) is 15.1. The third-order valence-electron chi connectivity index (χ3n) is 3.94. The minimum Gasteiger partial charge on any atom is -0.444 e. The van der Waals surface area contributed by atoms with Gasteiger partial charge in [0.15, 0.2) is 6.23 Å². The first-order valence-corrected chi connectivity index (χ1v) is 8.39. The molecule has 132 valence electrons. The zero-order chi connectivity index (χ0) is 17.9. The Balaban J connectivity index is 2.16. The van der Waals surface area contributed by atoms with Gasteiger partial charge in [-0.25, -0.2) is 9.59 Å². The summed E-state index contributed by atoms with van der Waals surface area (Å²) in [6.45, 7) is 10.0. The third kappa shape index (κ3) is 4.28. The minimum absolute atomic E-state index is 0.176. The molecular formula is C19H27NO4. The lowest BCUT2D eigenvalue weighted by Crippen LogP contribution is -2.48. The van der Waals surface area contributed by atoms with Crippen LogP contribution in [0.4, 0.5) is 4.79 Å². The van der Waals surface area contributed by atoms with E-state index in [1.54, 1.807) is 0 Å². The van der Waals surface area contributed by atoms with Crippen molar-refractivity contribution in [1.29, 1.82) is 0 Å². The Morgan fingerprint density at radius 1 is 1.25 bits per heavy atom. The van der Waals surface area contributed by atoms with Crippen molar-refractivity contribution in [3.63, 3.8) is 0 Å². The van der Waals surface area contributed by atoms with E-state index in [0.717, 1.165) is 5.56 Å². The molecule has 0 bridgehead atoms. The molecule has 0 saturated carbocycles. The van der Waals surface area contributed by atoms with Crippen LogP contribution in [-0.4, -0.2) is 29.2 Å². The fourth-order valence-corrected chi connectivity index (χ4v) is 2.79. The SMILES string of the molecule is CC(C)C[C@H]1C(=O)O[C@H](C(C)(C)C)N1C(=O)OCc1ccccc1. The molecule has 0 radical (unpaired) electrons. The van der Waals surface area contributed by atoms with Gasteiger partial charge < -0.3 is 9.47 Å². The monoisotopic (exact) mass is 333 g/mol. The minimum atomic E-state index is -0.614. The molecule has 0 aliphatic carbocycles. The zero-order valence-electron chi connectivity index (χ0n) is 15.1. The van der Waals surface area contributed by atoms with Crippen molar-refractivity contribution in [1.82, 2.24) is 4.90 Å². The van der Waals surface area contributed by atoms with Gasteiger partial charge in [-0.1, -0.05) is 65.0 Å². The highest BCUT2D eigenvalue weighted by atomic mass is 16.6. The van der Waals surface area contributed by atoms with Gasteiger partial charge in [0.1, 0.15) is 12.6 Å². The molecule has 0 aromatic heterocycles. The fourth-order valence-electron chi connectivity index (χ4n) is 2.79. The summed E-state index contributed by atoms with van der Waals surface area (Å²) >= 11 is 0. The molecule has 5 heteroatoms. The van der Waals surface area contributed by atoms with Crippen LogP contribution in [0.3, 0.4) is 0 Å². The highest BCUT2D eigenvalue weighted by molar-refractivity contribution is 5.84. The number of esters is 1. The standard InChI is InChI=1S/C19H27NO4/c1-13(2)11-15-16(21)24-17(19(3,4)5)20(15)18(22)23-12-14-9-7-6-8-10-14/h6-10,13,15,17H,11-12H2,1-5H3/t15-,17+/m0/s1. The number of nitrogens with zero attached hydrogens (tertiary/aromatic N) is 1. The van der Waals surface area contributed by atoms with Crippen molar-refractivity contribution in [3.8, 4) is 0 Å². The Morgan fingerprint density at radius 3 is 2.42 bits per heavy atom. The van der Waals surface area contributed by atoms with Crippen LogP contribution in [0.15, 0.2) is 30.3 Å². The van der Waals surface area contributed by atoms with Crippen LogP contribution in [0.5, 0.6) is 0 Å². The average Bonchev–Trinajstić information content (AvgIpc) is 2.82. The summed E-state index contributed by atoms with van der Waals surface area (Å²) in [5, 5.41) is 0. The second-order valence-electron chi connectivity index (χ2n) is 7.75. The van der Waals surface area contributed by atoms with Gasteiger partial charge in [-0.2, -0.15) is 0 Å². The summed E-state index contributed by atoms with van der Waals surface area (Å²) in [6.07, 6.45) is -0.557. The van der Waals surface area contributed by atoms with Crippen LogP contribution in [0.1, 0.15) is 46.6 Å². The normalized spacial score (nSPS) is 21.1. The predicted octanol–water partition coefficient (Wildman–Crippen LogP) is 3.97. The number of cyclic esters (lactones) is 1. The third-order valence-corrected chi connectivity index (χ3v) is 3.94. The fraction of sp³-hybridized carbons (Fsp3) is 0.579. The first-order valence-electron chi connectivity index (χ1n) is 8.39. The molecule has 1 saturated heterocycles. The first kappa shape index (κ1) is 18.3. The summed E-state index contributed by atoms with van der Waals surface area (Å²) in [5.74, 6) is -0.0778. The number of ether oxygens (including phenoxy) is 2. The molecule has 24 heavy (non-hydrogen) atoms. The van der Waals surface area contributed by atoms with Gasteiger partial charge in [0.2, 0.25) is 0 Å². The van der Waals surface area contributed by atoms with Crippen molar-refractivity contribution in [2.45, 2.75) is 59.9 Å². The largest absolute Gasteiger partial charge is 0.444 e. The van der Waals surface area contributed by atoms with Gasteiger partial charge in [0.25, 0.3) is 0 Å². The summed E-state index contributed by atoms with van der Waals surface area (Å²) in [7, 11) is 0. The summed E-state index contributed by atoms with van der Waals surface area (Å²) < 4.78 is 11.0. The molecule has 0 N–H and O–H groups in total. The van der Waals surface area contributed by atoms with Crippen LogP contribution >= 0.6 is 0 Å². The van der Waals surface area contributed by atoms with E-state index in [4.69, 9.17) is 9.47 Å². The molecule has 0 spiro atoms. The van der Waals surface area contributed by atoms with Crippen LogP contribution in [0.2, 0.25) is 0 Å². The van der Waals surface area contributed by atoms with Crippen LogP contribution < -0.4 is 0 Å². The van der Waals surface area contributed by atoms with Crippen molar-refractivity contribution in [3.05, 3.63) is 35.9 Å². The lowest BCUT2D eigenvalue weighted by molar-refractivity contribution is -0.147. The molecule has 1 fully saturated rings. The smallest absolute Gasteiger partial charge is 0.413 e. The van der Waals surface area contributed by atoms with Crippen molar-refractivity contribution >= 4 is 12.1 Å². The van der Waals surface area contributed by atoms with Gasteiger partial charge in [-0.3, -0.25) is 4.90 Å². The topological polar surface area (TPSA) is 55.8 Å². The molecule has 1 aromatic carbocycles. The number of hydrogen-bond donors (Lipinski definition) is 0. The molecule has 2 atom stereocenters. The summed E-state index contributed by atoms with van der Waals surface area (Å²) in [4.78, 5) is 26.4. The Bertz CT molecular complexity index is 577. The van der Waals surface area contributed by atoms with E-state index < -0.39 is 18.4 Å². The first-order chi connectivity index (χ1) is 11.2. The maximum atomic E-state index is 12.7. The quantitative estimate of drug-likeness (QED) is 0.782. The van der Waals surface area contributed by atoms with E-state index >= 15 is 0 Å². The van der Waals surface area contributed by atoms with Gasteiger partial charge in [0, 0.05) is 5.41 Å². The van der Waals surface area contributed by atoms with Crippen molar-refractivity contribution in [2.75, 3.05) is 0 Å². The molecular weight excluding hydrogens is 306 g/mol. The van der Waals surface area contributed by atoms with Gasteiger partial charge in [-0.05, 0) is 17.9 Å². The lowest BCUT2D eigenvalue weighted by atomic mass is 9.92. The van der Waals surface area contributed by atoms with Gasteiger partial charge in [0.05, 0.1) is 0 Å². The Hall–Kier alpha value is -2.04. The molecule has 1 aliphatic rings. The number of benzene rings is 1. The summed E-state index contributed by atoms with van der Waals surface area (Å²) in [5.41, 5.74) is 0.526. The Kier molecular flexibility index (Phi) is 5.52. The number of rotatable bonds is 4. The Morgan fingerprint density at radius 2 is 1.88 bits per heavy atom. The van der Waals surface area contributed by atoms with E-state index in [-0.39, 0.29) is 23.9 Å². The van der Waals surface area contributed by atoms with Crippen molar-refractivity contribution < 1.29 is 19.1 Å². The van der Waals surface area contributed by atoms with Crippen LogP contribution in [-0.2, 0) is 20.9 Å². The van der Waals surface area contributed by atoms with Crippen molar-refractivity contribution in [2.24, 2.45) is 11.3 Å². The number of amides is 1. The average molecular weight is 333 g/mol. The second kappa shape index (κ2) is 7.24. The van der Waals surface area contributed by atoms with E-state index in [9.17, 15) is 9.59 Å².